The van der Waals surface area contributed by atoms with Crippen LogP contribution in [0.25, 0.3) is 0 Å². The second-order valence-corrected chi connectivity index (χ2v) is 7.20. The first-order valence-corrected chi connectivity index (χ1v) is 7.83. The highest BCUT2D eigenvalue weighted by Crippen LogP contribution is 2.44. The highest BCUT2D eigenvalue weighted by molar-refractivity contribution is 5.57. The van der Waals surface area contributed by atoms with Gasteiger partial charge in [-0.1, -0.05) is 20.8 Å². The summed E-state index contributed by atoms with van der Waals surface area (Å²) in [7, 11) is 0. The largest absolute Gasteiger partial charge is 0.374 e. The molecular formula is C18H22N4. The Morgan fingerprint density at radius 2 is 1.68 bits per heavy atom. The molecule has 22 heavy (non-hydrogen) atoms. The molecule has 0 bridgehead atoms. The standard InChI is InChI=1S/C18H22N4/c1-13-4-6-22(7-5-13)17-9-18(2,3)8-15(16(17)12-21)14(10-19)11-20/h13H,4-9H2,1-3H3. The number of nitrogens with zero attached hydrogens (tertiary/aromatic N) is 4. The van der Waals surface area contributed by atoms with E-state index in [0.29, 0.717) is 17.6 Å². The smallest absolute Gasteiger partial charge is 0.134 e. The molecule has 2 aliphatic rings. The van der Waals surface area contributed by atoms with Crippen molar-refractivity contribution in [3.05, 3.63) is 22.4 Å². The molecule has 2 rings (SSSR count). The summed E-state index contributed by atoms with van der Waals surface area (Å²) < 4.78 is 0. The van der Waals surface area contributed by atoms with E-state index in [1.165, 1.54) is 0 Å². The van der Waals surface area contributed by atoms with E-state index in [9.17, 15) is 15.8 Å². The monoisotopic (exact) mass is 294 g/mol. The van der Waals surface area contributed by atoms with Gasteiger partial charge in [-0.15, -0.1) is 0 Å². The minimum Gasteiger partial charge on any atom is -0.374 e. The molecule has 1 saturated heterocycles. The maximum atomic E-state index is 9.64. The van der Waals surface area contributed by atoms with Gasteiger partial charge in [-0.25, -0.2) is 0 Å². The molecule has 0 aromatic carbocycles. The average Bonchev–Trinajstić information content (AvgIpc) is 2.48. The van der Waals surface area contributed by atoms with Gasteiger partial charge in [0.1, 0.15) is 23.8 Å². The lowest BCUT2D eigenvalue weighted by Crippen LogP contribution is -2.36. The van der Waals surface area contributed by atoms with Crippen LogP contribution in [0.15, 0.2) is 22.4 Å². The Labute approximate surface area is 132 Å². The van der Waals surface area contributed by atoms with Crippen LogP contribution in [-0.2, 0) is 0 Å². The maximum Gasteiger partial charge on any atom is 0.134 e. The van der Waals surface area contributed by atoms with Crippen molar-refractivity contribution in [2.24, 2.45) is 11.3 Å². The van der Waals surface area contributed by atoms with Crippen LogP contribution in [0, 0.1) is 45.3 Å². The van der Waals surface area contributed by atoms with Crippen LogP contribution in [0.2, 0.25) is 0 Å². The lowest BCUT2D eigenvalue weighted by Gasteiger charge is -2.41. The Kier molecular flexibility index (Phi) is 4.58. The molecule has 1 heterocycles. The summed E-state index contributed by atoms with van der Waals surface area (Å²) >= 11 is 0. The van der Waals surface area contributed by atoms with E-state index in [-0.39, 0.29) is 11.0 Å². The second kappa shape index (κ2) is 6.25. The SMILES string of the molecule is CC1CCN(C2=C(C#N)C(=C(C#N)C#N)CC(C)(C)C2)CC1. The van der Waals surface area contributed by atoms with E-state index >= 15 is 0 Å². The summed E-state index contributed by atoms with van der Waals surface area (Å²) in [6.45, 7) is 8.45. The molecular weight excluding hydrogens is 272 g/mol. The van der Waals surface area contributed by atoms with Gasteiger partial charge in [0.25, 0.3) is 0 Å². The van der Waals surface area contributed by atoms with Crippen LogP contribution < -0.4 is 0 Å². The summed E-state index contributed by atoms with van der Waals surface area (Å²) in [4.78, 5) is 2.30. The molecule has 0 radical (unpaired) electrons. The van der Waals surface area contributed by atoms with Crippen LogP contribution >= 0.6 is 0 Å². The summed E-state index contributed by atoms with van der Waals surface area (Å²) in [5, 5.41) is 28.1. The van der Waals surface area contributed by atoms with Crippen molar-refractivity contribution in [3.8, 4) is 18.2 Å². The third-order valence-corrected chi connectivity index (χ3v) is 4.69. The molecule has 1 fully saturated rings. The van der Waals surface area contributed by atoms with Gasteiger partial charge in [0, 0.05) is 24.4 Å². The topological polar surface area (TPSA) is 74.6 Å². The molecule has 0 N–H and O–H groups in total. The number of nitriles is 3. The molecule has 0 amide bonds. The first-order valence-electron chi connectivity index (χ1n) is 7.83. The molecule has 0 saturated carbocycles. The van der Waals surface area contributed by atoms with Gasteiger partial charge in [-0.05, 0) is 37.0 Å². The van der Waals surface area contributed by atoms with Crippen LogP contribution in [0.1, 0.15) is 46.5 Å². The van der Waals surface area contributed by atoms with E-state index < -0.39 is 0 Å². The number of piperidine rings is 1. The molecule has 0 unspecified atom stereocenters. The molecule has 1 aliphatic heterocycles. The van der Waals surface area contributed by atoms with Gasteiger partial charge in [0.15, 0.2) is 0 Å². The normalized spacial score (nSPS) is 21.8. The number of hydrogen-bond acceptors (Lipinski definition) is 4. The average molecular weight is 294 g/mol. The lowest BCUT2D eigenvalue weighted by atomic mass is 9.72. The minimum atomic E-state index is -0.0347. The summed E-state index contributed by atoms with van der Waals surface area (Å²) in [5.74, 6) is 0.725. The zero-order valence-corrected chi connectivity index (χ0v) is 13.6. The molecule has 0 aromatic rings. The van der Waals surface area contributed by atoms with E-state index in [0.717, 1.165) is 44.0 Å². The molecule has 4 nitrogen and oxygen atoms in total. The molecule has 114 valence electrons. The Morgan fingerprint density at radius 3 is 2.18 bits per heavy atom. The van der Waals surface area contributed by atoms with E-state index in [1.807, 2.05) is 12.1 Å². The van der Waals surface area contributed by atoms with Crippen molar-refractivity contribution >= 4 is 0 Å². The van der Waals surface area contributed by atoms with Crippen LogP contribution in [0.3, 0.4) is 0 Å². The fourth-order valence-electron chi connectivity index (χ4n) is 3.40. The van der Waals surface area contributed by atoms with Gasteiger partial charge in [0.05, 0.1) is 5.57 Å². The lowest BCUT2D eigenvalue weighted by molar-refractivity contribution is 0.203. The van der Waals surface area contributed by atoms with Crippen LogP contribution in [0.5, 0.6) is 0 Å². The molecule has 1 aliphatic carbocycles. The van der Waals surface area contributed by atoms with Crippen LogP contribution in [-0.4, -0.2) is 18.0 Å². The summed E-state index contributed by atoms with van der Waals surface area (Å²) in [6.07, 6.45) is 3.70. The quantitative estimate of drug-likeness (QED) is 0.692. The number of rotatable bonds is 1. The van der Waals surface area contributed by atoms with Gasteiger partial charge in [-0.3, -0.25) is 0 Å². The predicted octanol–water partition coefficient (Wildman–Crippen LogP) is 3.66. The van der Waals surface area contributed by atoms with Crippen molar-refractivity contribution in [1.82, 2.24) is 4.90 Å². The van der Waals surface area contributed by atoms with Gasteiger partial charge >= 0.3 is 0 Å². The number of likely N-dealkylation sites (tertiary alicyclic amines) is 1. The first kappa shape index (κ1) is 16.1. The number of hydrogen-bond donors (Lipinski definition) is 0. The minimum absolute atomic E-state index is 0.0347. The van der Waals surface area contributed by atoms with E-state index in [1.54, 1.807) is 0 Å². The van der Waals surface area contributed by atoms with Gasteiger partial charge in [-0.2, -0.15) is 15.8 Å². The van der Waals surface area contributed by atoms with Crippen molar-refractivity contribution in [2.75, 3.05) is 13.1 Å². The third-order valence-electron chi connectivity index (χ3n) is 4.69. The number of allylic oxidation sites excluding steroid dienone is 4. The maximum absolute atomic E-state index is 9.64. The van der Waals surface area contributed by atoms with Crippen molar-refractivity contribution in [1.29, 1.82) is 15.8 Å². The molecule has 0 atom stereocenters. The predicted molar refractivity (Wildman–Crippen MR) is 83.9 cm³/mol. The van der Waals surface area contributed by atoms with Gasteiger partial charge in [0.2, 0.25) is 0 Å². The zero-order valence-electron chi connectivity index (χ0n) is 13.6. The van der Waals surface area contributed by atoms with Crippen molar-refractivity contribution < 1.29 is 0 Å². The molecule has 0 aromatic heterocycles. The Balaban J connectivity index is 2.52. The highest BCUT2D eigenvalue weighted by Gasteiger charge is 2.35. The Hall–Kier alpha value is -2.25. The third kappa shape index (κ3) is 3.15. The first-order chi connectivity index (χ1) is 10.4. The van der Waals surface area contributed by atoms with E-state index in [4.69, 9.17) is 0 Å². The molecule has 4 heteroatoms. The fourth-order valence-corrected chi connectivity index (χ4v) is 3.40. The highest BCUT2D eigenvalue weighted by atomic mass is 15.1. The summed E-state index contributed by atoms with van der Waals surface area (Å²) in [6, 6.07) is 6.21. The van der Waals surface area contributed by atoms with Crippen molar-refractivity contribution in [2.45, 2.75) is 46.5 Å². The van der Waals surface area contributed by atoms with Crippen molar-refractivity contribution in [3.63, 3.8) is 0 Å². The van der Waals surface area contributed by atoms with Gasteiger partial charge < -0.3 is 4.90 Å². The summed E-state index contributed by atoms with van der Waals surface area (Å²) in [5.41, 5.74) is 2.28. The molecule has 0 spiro atoms. The van der Waals surface area contributed by atoms with Crippen LogP contribution in [0.4, 0.5) is 0 Å². The zero-order chi connectivity index (χ0) is 16.3. The fraction of sp³-hybridized carbons (Fsp3) is 0.611. The Bertz CT molecular complexity index is 622. The van der Waals surface area contributed by atoms with E-state index in [2.05, 4.69) is 31.7 Å². The second-order valence-electron chi connectivity index (χ2n) is 7.20. The Morgan fingerprint density at radius 1 is 1.09 bits per heavy atom.